The predicted octanol–water partition coefficient (Wildman–Crippen LogP) is 5.60. The lowest BCUT2D eigenvalue weighted by Crippen LogP contribution is -2.27. The Bertz CT molecular complexity index is 249. The molecule has 2 unspecified atom stereocenters. The second-order valence-electron chi connectivity index (χ2n) is 7.49. The van der Waals surface area contributed by atoms with Crippen molar-refractivity contribution in [3.8, 4) is 0 Å². The molecule has 4 heteroatoms. The summed E-state index contributed by atoms with van der Waals surface area (Å²) >= 11 is 0. The van der Waals surface area contributed by atoms with Crippen LogP contribution in [0.4, 0.5) is 0 Å². The van der Waals surface area contributed by atoms with E-state index in [9.17, 15) is 5.11 Å². The Morgan fingerprint density at radius 1 is 0.560 bits per heavy atom. The number of unbranched alkanes of at least 4 members (excludes halogenated alkanes) is 15. The first-order chi connectivity index (χ1) is 12.2. The summed E-state index contributed by atoms with van der Waals surface area (Å²) in [5, 5.41) is 26.8. The van der Waals surface area contributed by atoms with E-state index in [2.05, 4.69) is 6.92 Å². The standard InChI is InChI=1S/C21H45O3P/c1-2-3-4-5-6-7-8-9-10-11-12-13-14-15-16-17-18-25-19-20(22)21(23)24/h20-25H,2-19H2,1H3. The number of hydrogen-bond acceptors (Lipinski definition) is 3. The molecule has 0 spiro atoms. The second kappa shape index (κ2) is 20.6. The van der Waals surface area contributed by atoms with Crippen LogP contribution in [0, 0.1) is 0 Å². The number of hydrogen-bond donors (Lipinski definition) is 3. The quantitative estimate of drug-likeness (QED) is 0.147. The molecule has 0 fully saturated rings. The Morgan fingerprint density at radius 2 is 0.920 bits per heavy atom. The third kappa shape index (κ3) is 20.5. The van der Waals surface area contributed by atoms with Crippen LogP contribution in [0.2, 0.25) is 0 Å². The van der Waals surface area contributed by atoms with Crippen molar-refractivity contribution in [2.45, 2.75) is 122 Å². The molecule has 0 aromatic rings. The third-order valence-corrected chi connectivity index (χ3v) is 6.32. The van der Waals surface area contributed by atoms with Crippen molar-refractivity contribution in [3.05, 3.63) is 0 Å². The average Bonchev–Trinajstić information content (AvgIpc) is 2.60. The summed E-state index contributed by atoms with van der Waals surface area (Å²) < 4.78 is 0. The number of aliphatic hydroxyl groups is 3. The van der Waals surface area contributed by atoms with E-state index < -0.39 is 12.4 Å². The summed E-state index contributed by atoms with van der Waals surface area (Å²) in [6.45, 7) is 2.28. The normalized spacial score (nSPS) is 13.3. The zero-order valence-electron chi connectivity index (χ0n) is 16.7. The van der Waals surface area contributed by atoms with E-state index in [0.717, 1.165) is 6.16 Å². The summed E-state index contributed by atoms with van der Waals surface area (Å²) in [5.41, 5.74) is 0. The molecule has 0 saturated carbocycles. The Labute approximate surface area is 158 Å². The van der Waals surface area contributed by atoms with Crippen LogP contribution in [0.15, 0.2) is 0 Å². The first kappa shape index (κ1) is 25.3. The molecule has 3 N–H and O–H groups in total. The van der Waals surface area contributed by atoms with Crippen LogP contribution in [0.5, 0.6) is 0 Å². The van der Waals surface area contributed by atoms with Crippen molar-refractivity contribution >= 4 is 8.58 Å². The molecule has 0 amide bonds. The maximum absolute atomic E-state index is 9.27. The van der Waals surface area contributed by atoms with E-state index >= 15 is 0 Å². The SMILES string of the molecule is CCCCCCCCCCCCCCCCCCPCC(O)C(O)O. The van der Waals surface area contributed by atoms with Crippen molar-refractivity contribution in [3.63, 3.8) is 0 Å². The first-order valence-electron chi connectivity index (χ1n) is 10.9. The average molecular weight is 377 g/mol. The molecule has 0 rings (SSSR count). The van der Waals surface area contributed by atoms with Crippen molar-refractivity contribution in [1.82, 2.24) is 0 Å². The van der Waals surface area contributed by atoms with Gasteiger partial charge in [-0.15, -0.1) is 8.58 Å². The summed E-state index contributed by atoms with van der Waals surface area (Å²) in [6.07, 6.45) is 21.3. The smallest absolute Gasteiger partial charge is 0.178 e. The molecular formula is C21H45O3P. The highest BCUT2D eigenvalue weighted by Crippen LogP contribution is 2.17. The summed E-state index contributed by atoms with van der Waals surface area (Å²) in [4.78, 5) is 0. The topological polar surface area (TPSA) is 60.7 Å². The highest BCUT2D eigenvalue weighted by molar-refractivity contribution is 7.38. The lowest BCUT2D eigenvalue weighted by Gasteiger charge is -2.11. The molecular weight excluding hydrogens is 331 g/mol. The second-order valence-corrected chi connectivity index (χ2v) is 8.90. The van der Waals surface area contributed by atoms with Crippen LogP contribution in [-0.2, 0) is 0 Å². The molecule has 0 aromatic heterocycles. The van der Waals surface area contributed by atoms with Gasteiger partial charge >= 0.3 is 0 Å². The lowest BCUT2D eigenvalue weighted by atomic mass is 10.0. The largest absolute Gasteiger partial charge is 0.387 e. The predicted molar refractivity (Wildman–Crippen MR) is 112 cm³/mol. The van der Waals surface area contributed by atoms with Gasteiger partial charge in [0.25, 0.3) is 0 Å². The lowest BCUT2D eigenvalue weighted by molar-refractivity contribution is -0.112. The summed E-state index contributed by atoms with van der Waals surface area (Å²) in [7, 11) is 0.646. The summed E-state index contributed by atoms with van der Waals surface area (Å²) in [5.74, 6) is 0. The maximum atomic E-state index is 9.27. The van der Waals surface area contributed by atoms with Crippen molar-refractivity contribution < 1.29 is 15.3 Å². The van der Waals surface area contributed by atoms with Gasteiger partial charge in [0.1, 0.15) is 6.10 Å². The third-order valence-electron chi connectivity index (χ3n) is 4.90. The fourth-order valence-electron chi connectivity index (χ4n) is 3.15. The van der Waals surface area contributed by atoms with Crippen LogP contribution in [0.25, 0.3) is 0 Å². The molecule has 25 heavy (non-hydrogen) atoms. The van der Waals surface area contributed by atoms with E-state index in [-0.39, 0.29) is 0 Å². The van der Waals surface area contributed by atoms with Crippen LogP contribution in [-0.4, -0.2) is 40.0 Å². The Hall–Kier alpha value is 0.310. The molecule has 2 atom stereocenters. The van der Waals surface area contributed by atoms with Gasteiger partial charge < -0.3 is 15.3 Å². The maximum Gasteiger partial charge on any atom is 0.178 e. The monoisotopic (exact) mass is 376 g/mol. The van der Waals surface area contributed by atoms with Gasteiger partial charge in [0.15, 0.2) is 6.29 Å². The minimum Gasteiger partial charge on any atom is -0.387 e. The molecule has 0 aromatic carbocycles. The highest BCUT2D eigenvalue weighted by Gasteiger charge is 2.11. The van der Waals surface area contributed by atoms with Gasteiger partial charge in [0, 0.05) is 0 Å². The zero-order valence-corrected chi connectivity index (χ0v) is 17.7. The molecule has 0 aliphatic heterocycles. The van der Waals surface area contributed by atoms with Crippen molar-refractivity contribution in [1.29, 1.82) is 0 Å². The first-order valence-corrected chi connectivity index (χ1v) is 12.3. The van der Waals surface area contributed by atoms with Crippen LogP contribution in [0.1, 0.15) is 110 Å². The van der Waals surface area contributed by atoms with Crippen LogP contribution >= 0.6 is 8.58 Å². The van der Waals surface area contributed by atoms with Gasteiger partial charge in [0.05, 0.1) is 0 Å². The fourth-order valence-corrected chi connectivity index (χ4v) is 4.36. The molecule has 152 valence electrons. The van der Waals surface area contributed by atoms with E-state index in [4.69, 9.17) is 10.2 Å². The zero-order chi connectivity index (χ0) is 18.6. The molecule has 0 radical (unpaired) electrons. The van der Waals surface area contributed by atoms with Gasteiger partial charge in [-0.05, 0) is 18.7 Å². The van der Waals surface area contributed by atoms with Gasteiger partial charge in [-0.2, -0.15) is 0 Å². The summed E-state index contributed by atoms with van der Waals surface area (Å²) in [6, 6.07) is 0. The molecule has 0 bridgehead atoms. The molecule has 0 heterocycles. The fraction of sp³-hybridized carbons (Fsp3) is 1.00. The van der Waals surface area contributed by atoms with E-state index in [1.54, 1.807) is 0 Å². The van der Waals surface area contributed by atoms with Crippen molar-refractivity contribution in [2.24, 2.45) is 0 Å². The Balaban J connectivity index is 3.03. The van der Waals surface area contributed by atoms with Crippen molar-refractivity contribution in [2.75, 3.05) is 12.3 Å². The number of rotatable bonds is 20. The minimum absolute atomic E-state index is 0.524. The van der Waals surface area contributed by atoms with Gasteiger partial charge in [-0.1, -0.05) is 103 Å². The van der Waals surface area contributed by atoms with E-state index in [0.29, 0.717) is 14.7 Å². The minimum atomic E-state index is -1.57. The Kier molecular flexibility index (Phi) is 20.9. The van der Waals surface area contributed by atoms with E-state index in [1.165, 1.54) is 103 Å². The van der Waals surface area contributed by atoms with E-state index in [1.807, 2.05) is 0 Å². The molecule has 0 aliphatic carbocycles. The highest BCUT2D eigenvalue weighted by atomic mass is 31.1. The number of aliphatic hydroxyl groups excluding tert-OH is 2. The molecule has 3 nitrogen and oxygen atoms in total. The molecule has 0 aliphatic rings. The van der Waals surface area contributed by atoms with Gasteiger partial charge in [-0.25, -0.2) is 0 Å². The van der Waals surface area contributed by atoms with Crippen LogP contribution in [0.3, 0.4) is 0 Å². The van der Waals surface area contributed by atoms with Crippen LogP contribution < -0.4 is 0 Å². The van der Waals surface area contributed by atoms with Gasteiger partial charge in [0.2, 0.25) is 0 Å². The molecule has 0 saturated heterocycles. The Morgan fingerprint density at radius 3 is 1.28 bits per heavy atom. The van der Waals surface area contributed by atoms with Gasteiger partial charge in [-0.3, -0.25) is 0 Å².